The molecule has 3 rings (SSSR count). The van der Waals surface area contributed by atoms with E-state index in [-0.39, 0.29) is 29.9 Å². The maximum atomic E-state index is 12.3. The van der Waals surface area contributed by atoms with E-state index in [4.69, 9.17) is 9.26 Å². The molecule has 0 aromatic carbocycles. The minimum atomic E-state index is -0.811. The first-order chi connectivity index (χ1) is 13.6. The summed E-state index contributed by atoms with van der Waals surface area (Å²) in [6.45, 7) is 17.0. The highest BCUT2D eigenvalue weighted by molar-refractivity contribution is 7.49. The standard InChI is InChI=1S/C20H34N5O3P/c1-9-15-13(6)17(28-29(8)25(11(2)3)12(4)5)20(27-15)24-10-21-16-18(24)22-14(7)23-19(16)26/h10-13,15,17,20H,9H2,1-8H3,(H,22,23,26)/t13?,15-,17+,20-,29?/m1/s1. The van der Waals surface area contributed by atoms with Crippen LogP contribution in [0, 0.1) is 12.8 Å². The zero-order chi connectivity index (χ0) is 21.5. The van der Waals surface area contributed by atoms with Crippen molar-refractivity contribution in [3.8, 4) is 0 Å². The molecule has 1 saturated heterocycles. The van der Waals surface area contributed by atoms with Gasteiger partial charge in [0.15, 0.2) is 17.4 Å². The molecule has 2 aromatic rings. The van der Waals surface area contributed by atoms with Gasteiger partial charge in [0.2, 0.25) is 0 Å². The monoisotopic (exact) mass is 423 g/mol. The fourth-order valence-corrected chi connectivity index (χ4v) is 6.45. The van der Waals surface area contributed by atoms with Gasteiger partial charge in [0.05, 0.1) is 12.4 Å². The van der Waals surface area contributed by atoms with Gasteiger partial charge in [-0.25, -0.2) is 9.97 Å². The lowest BCUT2D eigenvalue weighted by Gasteiger charge is -2.37. The molecule has 1 aliphatic heterocycles. The van der Waals surface area contributed by atoms with Crippen LogP contribution in [0.5, 0.6) is 0 Å². The molecule has 0 saturated carbocycles. The lowest BCUT2D eigenvalue weighted by Crippen LogP contribution is -2.35. The number of ether oxygens (including phenoxy) is 1. The molecule has 0 bridgehead atoms. The van der Waals surface area contributed by atoms with Crippen molar-refractivity contribution in [1.29, 1.82) is 0 Å². The summed E-state index contributed by atoms with van der Waals surface area (Å²) in [6, 6.07) is 0.780. The van der Waals surface area contributed by atoms with Gasteiger partial charge in [0.1, 0.15) is 20.2 Å². The lowest BCUT2D eigenvalue weighted by atomic mass is 9.99. The Morgan fingerprint density at radius 1 is 1.34 bits per heavy atom. The van der Waals surface area contributed by atoms with Crippen LogP contribution in [0.3, 0.4) is 0 Å². The molecule has 2 aromatic heterocycles. The molecule has 29 heavy (non-hydrogen) atoms. The summed E-state index contributed by atoms with van der Waals surface area (Å²) in [6.07, 6.45) is 2.13. The van der Waals surface area contributed by atoms with Gasteiger partial charge < -0.3 is 14.2 Å². The third-order valence-corrected chi connectivity index (χ3v) is 7.71. The first-order valence-corrected chi connectivity index (χ1v) is 12.1. The molecule has 1 N–H and O–H groups in total. The minimum Gasteiger partial charge on any atom is -0.352 e. The zero-order valence-corrected chi connectivity index (χ0v) is 19.6. The van der Waals surface area contributed by atoms with Crippen LogP contribution in [0.1, 0.15) is 60.0 Å². The first kappa shape index (κ1) is 22.3. The van der Waals surface area contributed by atoms with Crippen LogP contribution in [0.25, 0.3) is 11.2 Å². The van der Waals surface area contributed by atoms with Crippen molar-refractivity contribution in [2.24, 2.45) is 5.92 Å². The van der Waals surface area contributed by atoms with E-state index in [9.17, 15) is 4.79 Å². The van der Waals surface area contributed by atoms with Crippen molar-refractivity contribution in [3.63, 3.8) is 0 Å². The second kappa shape index (κ2) is 8.80. The fourth-order valence-electron chi connectivity index (χ4n) is 4.39. The van der Waals surface area contributed by atoms with Crippen LogP contribution in [0.15, 0.2) is 11.1 Å². The van der Waals surface area contributed by atoms with E-state index in [0.717, 1.165) is 6.42 Å². The molecule has 8 nitrogen and oxygen atoms in total. The number of fused-ring (bicyclic) bond motifs is 1. The molecule has 1 aliphatic rings. The van der Waals surface area contributed by atoms with Gasteiger partial charge in [0, 0.05) is 18.0 Å². The molecule has 5 atom stereocenters. The normalized spacial score (nSPS) is 26.3. The average molecular weight is 423 g/mol. The van der Waals surface area contributed by atoms with E-state index < -0.39 is 8.30 Å². The lowest BCUT2D eigenvalue weighted by molar-refractivity contribution is -0.0287. The van der Waals surface area contributed by atoms with Gasteiger partial charge in [-0.1, -0.05) is 13.8 Å². The van der Waals surface area contributed by atoms with Crippen LogP contribution in [-0.2, 0) is 9.26 Å². The molecule has 0 spiro atoms. The molecule has 0 aliphatic carbocycles. The Kier molecular flexibility index (Phi) is 6.78. The number of imidazole rings is 1. The maximum Gasteiger partial charge on any atom is 0.279 e. The highest BCUT2D eigenvalue weighted by Gasteiger charge is 2.45. The van der Waals surface area contributed by atoms with Gasteiger partial charge in [-0.2, -0.15) is 0 Å². The predicted octanol–water partition coefficient (Wildman–Crippen LogP) is 3.82. The second-order valence-electron chi connectivity index (χ2n) is 8.41. The smallest absolute Gasteiger partial charge is 0.279 e. The van der Waals surface area contributed by atoms with Crippen molar-refractivity contribution in [1.82, 2.24) is 24.2 Å². The van der Waals surface area contributed by atoms with Crippen molar-refractivity contribution in [2.75, 3.05) is 6.66 Å². The first-order valence-electron chi connectivity index (χ1n) is 10.4. The number of aromatic nitrogens is 4. The number of aryl methyl sites for hydroxylation is 1. The Bertz CT molecular complexity index is 888. The second-order valence-corrected chi connectivity index (χ2v) is 10.0. The quantitative estimate of drug-likeness (QED) is 0.682. The Hall–Kier alpha value is -1.34. The largest absolute Gasteiger partial charge is 0.352 e. The Labute approximate surface area is 173 Å². The van der Waals surface area contributed by atoms with Crippen LogP contribution in [-0.4, -0.2) is 55.1 Å². The van der Waals surface area contributed by atoms with E-state index >= 15 is 0 Å². The SMILES string of the molecule is CC[C@H]1O[C@@H](n2cnc3c(=O)[nH]c(C)nc32)[C@@H](OP(C)N(C(C)C)C(C)C)C1C. The van der Waals surface area contributed by atoms with Gasteiger partial charge >= 0.3 is 0 Å². The van der Waals surface area contributed by atoms with Crippen molar-refractivity contribution in [2.45, 2.75) is 85.4 Å². The molecule has 0 amide bonds. The molecular formula is C20H34N5O3P. The minimum absolute atomic E-state index is 0.0838. The molecule has 3 heterocycles. The Balaban J connectivity index is 1.98. The third kappa shape index (κ3) is 4.26. The van der Waals surface area contributed by atoms with Crippen LogP contribution >= 0.6 is 8.30 Å². The fraction of sp³-hybridized carbons (Fsp3) is 0.750. The highest BCUT2D eigenvalue weighted by Crippen LogP contribution is 2.49. The molecule has 162 valence electrons. The predicted molar refractivity (Wildman–Crippen MR) is 116 cm³/mol. The highest BCUT2D eigenvalue weighted by atomic mass is 31.2. The molecule has 9 heteroatoms. The van der Waals surface area contributed by atoms with Gasteiger partial charge in [-0.15, -0.1) is 0 Å². The number of hydrogen-bond acceptors (Lipinski definition) is 6. The number of H-pyrrole nitrogens is 1. The summed E-state index contributed by atoms with van der Waals surface area (Å²) in [5.74, 6) is 0.778. The van der Waals surface area contributed by atoms with Gasteiger partial charge in [-0.3, -0.25) is 14.0 Å². The molecule has 2 unspecified atom stereocenters. The summed E-state index contributed by atoms with van der Waals surface area (Å²) in [7, 11) is -0.811. The zero-order valence-electron chi connectivity index (χ0n) is 18.7. The van der Waals surface area contributed by atoms with Crippen molar-refractivity contribution >= 4 is 19.5 Å². The maximum absolute atomic E-state index is 12.3. The summed E-state index contributed by atoms with van der Waals surface area (Å²) in [4.78, 5) is 23.8. The van der Waals surface area contributed by atoms with Crippen molar-refractivity contribution in [3.05, 3.63) is 22.5 Å². The van der Waals surface area contributed by atoms with Crippen LogP contribution in [0.4, 0.5) is 0 Å². The van der Waals surface area contributed by atoms with E-state index in [1.54, 1.807) is 13.3 Å². The van der Waals surface area contributed by atoms with Gasteiger partial charge in [-0.05, 0) is 47.7 Å². The third-order valence-electron chi connectivity index (χ3n) is 5.58. The van der Waals surface area contributed by atoms with Crippen LogP contribution < -0.4 is 5.56 Å². The van der Waals surface area contributed by atoms with E-state index in [2.05, 4.69) is 67.8 Å². The topological polar surface area (TPSA) is 85.3 Å². The molecular weight excluding hydrogens is 389 g/mol. The Morgan fingerprint density at radius 2 is 2.00 bits per heavy atom. The van der Waals surface area contributed by atoms with Gasteiger partial charge in [0.25, 0.3) is 5.56 Å². The van der Waals surface area contributed by atoms with Crippen LogP contribution in [0.2, 0.25) is 0 Å². The average Bonchev–Trinajstić information content (AvgIpc) is 3.16. The number of hydrogen-bond donors (Lipinski definition) is 1. The summed E-state index contributed by atoms with van der Waals surface area (Å²) in [5.41, 5.74) is 0.638. The number of nitrogens with one attached hydrogen (secondary N) is 1. The number of aromatic amines is 1. The number of nitrogens with zero attached hydrogens (tertiary/aromatic N) is 4. The molecule has 0 radical (unpaired) electrons. The summed E-state index contributed by atoms with van der Waals surface area (Å²) >= 11 is 0. The van der Waals surface area contributed by atoms with E-state index in [1.165, 1.54) is 0 Å². The Morgan fingerprint density at radius 3 is 2.59 bits per heavy atom. The van der Waals surface area contributed by atoms with Crippen molar-refractivity contribution < 1.29 is 9.26 Å². The van der Waals surface area contributed by atoms with E-state index in [0.29, 0.717) is 29.1 Å². The summed E-state index contributed by atoms with van der Waals surface area (Å²) < 4.78 is 17.4. The number of rotatable bonds is 7. The molecule has 1 fully saturated rings. The van der Waals surface area contributed by atoms with E-state index in [1.807, 2.05) is 4.57 Å². The summed E-state index contributed by atoms with van der Waals surface area (Å²) in [5, 5.41) is 0.